The average Bonchev–Trinajstić information content (AvgIpc) is 2.67. The minimum atomic E-state index is 0.549. The van der Waals surface area contributed by atoms with Crippen molar-refractivity contribution in [3.05, 3.63) is 18.2 Å². The van der Waals surface area contributed by atoms with Gasteiger partial charge < -0.3 is 9.88 Å². The molecule has 15 heavy (non-hydrogen) atoms. The van der Waals surface area contributed by atoms with Gasteiger partial charge in [0.2, 0.25) is 0 Å². The number of imidazole rings is 1. The monoisotopic (exact) mass is 209 g/mol. The maximum Gasteiger partial charge on any atom is 0.108 e. The van der Waals surface area contributed by atoms with Crippen LogP contribution in [0.1, 0.15) is 45.5 Å². The fraction of sp³-hybridized carbons (Fsp3) is 0.750. The van der Waals surface area contributed by atoms with E-state index in [1.54, 1.807) is 0 Å². The Hall–Kier alpha value is -0.830. The molecule has 3 nitrogen and oxygen atoms in total. The van der Waals surface area contributed by atoms with Gasteiger partial charge in [0.25, 0.3) is 0 Å². The predicted molar refractivity (Wildman–Crippen MR) is 64.1 cm³/mol. The number of aromatic nitrogens is 2. The molecule has 0 saturated heterocycles. The molecular weight excluding hydrogens is 186 g/mol. The number of nitrogens with zero attached hydrogens (tertiary/aromatic N) is 2. The Morgan fingerprint density at radius 3 is 2.93 bits per heavy atom. The Bertz CT molecular complexity index is 268. The highest BCUT2D eigenvalue weighted by molar-refractivity contribution is 4.94. The molecule has 86 valence electrons. The molecule has 0 fully saturated rings. The summed E-state index contributed by atoms with van der Waals surface area (Å²) in [5.74, 6) is 1.22. The molecule has 1 heterocycles. The van der Waals surface area contributed by atoms with Gasteiger partial charge in [-0.1, -0.05) is 13.8 Å². The first kappa shape index (κ1) is 12.2. The molecule has 0 radical (unpaired) electrons. The van der Waals surface area contributed by atoms with Crippen molar-refractivity contribution < 1.29 is 0 Å². The van der Waals surface area contributed by atoms with Crippen molar-refractivity contribution >= 4 is 0 Å². The maximum absolute atomic E-state index is 4.40. The van der Waals surface area contributed by atoms with Crippen LogP contribution in [0, 0.1) is 0 Å². The Morgan fingerprint density at radius 1 is 1.47 bits per heavy atom. The average molecular weight is 209 g/mol. The van der Waals surface area contributed by atoms with Gasteiger partial charge >= 0.3 is 0 Å². The first-order valence-corrected chi connectivity index (χ1v) is 6.02. The molecule has 1 aromatic heterocycles. The molecule has 0 aliphatic carbocycles. The summed E-state index contributed by atoms with van der Waals surface area (Å²) in [7, 11) is 0. The number of hydrogen-bond acceptors (Lipinski definition) is 2. The lowest BCUT2D eigenvalue weighted by Gasteiger charge is -2.16. The summed E-state index contributed by atoms with van der Waals surface area (Å²) in [5, 5.41) is 3.36. The van der Waals surface area contributed by atoms with Crippen LogP contribution in [-0.2, 0) is 6.42 Å². The van der Waals surface area contributed by atoms with E-state index in [2.05, 4.69) is 41.8 Å². The number of aryl methyl sites for hydroxylation is 1. The third kappa shape index (κ3) is 3.67. The number of rotatable bonds is 7. The van der Waals surface area contributed by atoms with Gasteiger partial charge in [0.1, 0.15) is 5.82 Å². The van der Waals surface area contributed by atoms with Gasteiger partial charge in [-0.3, -0.25) is 0 Å². The van der Waals surface area contributed by atoms with Gasteiger partial charge in [0.15, 0.2) is 0 Å². The van der Waals surface area contributed by atoms with E-state index in [1.807, 2.05) is 6.20 Å². The first-order chi connectivity index (χ1) is 7.29. The minimum Gasteiger partial charge on any atom is -0.332 e. The van der Waals surface area contributed by atoms with Crippen LogP contribution >= 0.6 is 0 Å². The van der Waals surface area contributed by atoms with E-state index in [4.69, 9.17) is 0 Å². The maximum atomic E-state index is 4.40. The molecule has 1 aromatic rings. The van der Waals surface area contributed by atoms with Gasteiger partial charge in [0, 0.05) is 24.9 Å². The summed E-state index contributed by atoms with van der Waals surface area (Å²) in [6, 6.07) is 0.549. The van der Waals surface area contributed by atoms with Crippen LogP contribution in [0.5, 0.6) is 0 Å². The van der Waals surface area contributed by atoms with Gasteiger partial charge in [-0.25, -0.2) is 4.98 Å². The molecule has 0 spiro atoms. The third-order valence-electron chi connectivity index (χ3n) is 2.69. The van der Waals surface area contributed by atoms with Gasteiger partial charge in [-0.2, -0.15) is 0 Å². The van der Waals surface area contributed by atoms with Crippen molar-refractivity contribution in [2.45, 2.75) is 46.1 Å². The zero-order chi connectivity index (χ0) is 11.1. The Labute approximate surface area is 92.9 Å². The lowest BCUT2D eigenvalue weighted by molar-refractivity contribution is 0.470. The molecule has 0 bridgehead atoms. The Kier molecular flexibility index (Phi) is 5.40. The topological polar surface area (TPSA) is 29.9 Å². The fourth-order valence-corrected chi connectivity index (χ4v) is 1.79. The van der Waals surface area contributed by atoms with E-state index in [0.29, 0.717) is 6.04 Å². The highest BCUT2D eigenvalue weighted by atomic mass is 15.1. The second kappa shape index (κ2) is 6.62. The van der Waals surface area contributed by atoms with Crippen LogP contribution in [-0.4, -0.2) is 22.6 Å². The molecule has 0 aliphatic heterocycles. The van der Waals surface area contributed by atoms with Crippen molar-refractivity contribution in [2.75, 3.05) is 13.1 Å². The van der Waals surface area contributed by atoms with Crippen molar-refractivity contribution in [2.24, 2.45) is 0 Å². The van der Waals surface area contributed by atoms with Gasteiger partial charge in [0.05, 0.1) is 0 Å². The van der Waals surface area contributed by atoms with E-state index in [1.165, 1.54) is 12.2 Å². The normalized spacial score (nSPS) is 13.0. The van der Waals surface area contributed by atoms with E-state index >= 15 is 0 Å². The summed E-state index contributed by atoms with van der Waals surface area (Å²) in [6.45, 7) is 8.74. The minimum absolute atomic E-state index is 0.549. The molecule has 1 N–H and O–H groups in total. The van der Waals surface area contributed by atoms with Crippen LogP contribution in [0.15, 0.2) is 12.4 Å². The standard InChI is InChI=1S/C12H23N3/c1-4-6-12-14-9-10-15(12)11(3)7-8-13-5-2/h9-11,13H,4-8H2,1-3H3. The zero-order valence-corrected chi connectivity index (χ0v) is 10.2. The summed E-state index contributed by atoms with van der Waals surface area (Å²) < 4.78 is 2.31. The van der Waals surface area contributed by atoms with E-state index in [0.717, 1.165) is 25.9 Å². The third-order valence-corrected chi connectivity index (χ3v) is 2.69. The Balaban J connectivity index is 2.48. The van der Waals surface area contributed by atoms with Crippen molar-refractivity contribution in [1.29, 1.82) is 0 Å². The summed E-state index contributed by atoms with van der Waals surface area (Å²) in [6.07, 6.45) is 7.42. The molecule has 0 aromatic carbocycles. The second-order valence-corrected chi connectivity index (χ2v) is 3.99. The Morgan fingerprint density at radius 2 is 2.27 bits per heavy atom. The van der Waals surface area contributed by atoms with E-state index in [-0.39, 0.29) is 0 Å². The van der Waals surface area contributed by atoms with E-state index < -0.39 is 0 Å². The van der Waals surface area contributed by atoms with Gasteiger partial charge in [-0.15, -0.1) is 0 Å². The van der Waals surface area contributed by atoms with Crippen molar-refractivity contribution in [3.8, 4) is 0 Å². The lowest BCUT2D eigenvalue weighted by Crippen LogP contribution is -2.19. The molecule has 1 unspecified atom stereocenters. The number of nitrogens with one attached hydrogen (secondary N) is 1. The van der Waals surface area contributed by atoms with Crippen LogP contribution < -0.4 is 5.32 Å². The summed E-state index contributed by atoms with van der Waals surface area (Å²) in [5.41, 5.74) is 0. The molecular formula is C12H23N3. The fourth-order valence-electron chi connectivity index (χ4n) is 1.79. The molecule has 1 atom stereocenters. The second-order valence-electron chi connectivity index (χ2n) is 3.99. The van der Waals surface area contributed by atoms with Crippen LogP contribution in [0.3, 0.4) is 0 Å². The van der Waals surface area contributed by atoms with Crippen molar-refractivity contribution in [3.63, 3.8) is 0 Å². The predicted octanol–water partition coefficient (Wildman–Crippen LogP) is 2.40. The summed E-state index contributed by atoms with van der Waals surface area (Å²) >= 11 is 0. The van der Waals surface area contributed by atoms with Crippen molar-refractivity contribution in [1.82, 2.24) is 14.9 Å². The molecule has 0 amide bonds. The highest BCUT2D eigenvalue weighted by Gasteiger charge is 2.08. The zero-order valence-electron chi connectivity index (χ0n) is 10.2. The molecule has 3 heteroatoms. The van der Waals surface area contributed by atoms with Crippen LogP contribution in [0.4, 0.5) is 0 Å². The first-order valence-electron chi connectivity index (χ1n) is 6.02. The molecule has 0 aliphatic rings. The SMILES string of the molecule is CCCc1nccn1C(C)CCNCC. The highest BCUT2D eigenvalue weighted by Crippen LogP contribution is 2.13. The number of hydrogen-bond donors (Lipinski definition) is 1. The lowest BCUT2D eigenvalue weighted by atomic mass is 10.2. The molecule has 1 rings (SSSR count). The summed E-state index contributed by atoms with van der Waals surface area (Å²) in [4.78, 5) is 4.40. The quantitative estimate of drug-likeness (QED) is 0.699. The van der Waals surface area contributed by atoms with Crippen LogP contribution in [0.2, 0.25) is 0 Å². The van der Waals surface area contributed by atoms with Gasteiger partial charge in [-0.05, 0) is 32.9 Å². The van der Waals surface area contributed by atoms with Crippen LogP contribution in [0.25, 0.3) is 0 Å². The largest absolute Gasteiger partial charge is 0.332 e. The van der Waals surface area contributed by atoms with E-state index in [9.17, 15) is 0 Å². The molecule has 0 saturated carbocycles. The smallest absolute Gasteiger partial charge is 0.108 e.